The van der Waals surface area contributed by atoms with Crippen LogP contribution >= 0.6 is 11.3 Å². The monoisotopic (exact) mass is 382 g/mol. The Labute approximate surface area is 161 Å². The van der Waals surface area contributed by atoms with Crippen LogP contribution in [-0.4, -0.2) is 18.9 Å². The van der Waals surface area contributed by atoms with Gasteiger partial charge in [-0.1, -0.05) is 12.1 Å². The van der Waals surface area contributed by atoms with Crippen molar-refractivity contribution in [2.24, 2.45) is 0 Å². The molecular formula is C21H22N2O3S. The number of carbonyl (C=O) groups excluding carboxylic acids is 2. The lowest BCUT2D eigenvalue weighted by Gasteiger charge is -2.12. The molecule has 27 heavy (non-hydrogen) atoms. The quantitative estimate of drug-likeness (QED) is 0.710. The Kier molecular flexibility index (Phi) is 4.74. The molecule has 0 aliphatic heterocycles. The van der Waals surface area contributed by atoms with Gasteiger partial charge in [0.05, 0.1) is 18.2 Å². The molecule has 5 nitrogen and oxygen atoms in total. The first kappa shape index (κ1) is 17.8. The highest BCUT2D eigenvalue weighted by Gasteiger charge is 2.26. The number of benzene rings is 1. The number of hydrogen-bond acceptors (Lipinski definition) is 4. The van der Waals surface area contributed by atoms with E-state index in [1.54, 1.807) is 13.3 Å². The molecule has 1 aliphatic rings. The number of thiophene rings is 1. The molecular weight excluding hydrogens is 360 g/mol. The van der Waals surface area contributed by atoms with Crippen molar-refractivity contribution in [1.29, 1.82) is 0 Å². The van der Waals surface area contributed by atoms with E-state index in [-0.39, 0.29) is 18.2 Å². The van der Waals surface area contributed by atoms with Gasteiger partial charge in [-0.05, 0) is 49.8 Å². The number of anilines is 1. The molecule has 6 heteroatoms. The molecule has 1 aromatic carbocycles. The van der Waals surface area contributed by atoms with Crippen molar-refractivity contribution in [2.45, 2.75) is 39.0 Å². The normalized spacial score (nSPS) is 13.4. The summed E-state index contributed by atoms with van der Waals surface area (Å²) in [6.07, 6.45) is 5.95. The van der Waals surface area contributed by atoms with Crippen LogP contribution in [0, 0.1) is 6.92 Å². The standard InChI is InChI=1S/C21H22N2O3S/c1-12-7-8-14-13(11-26-16(14)9-12)10-18(24)23-21-19(20(25)22-2)15-5-3-4-6-17(15)27-21/h7-9,11H,3-6,10H2,1-2H3,(H,22,25)(H,23,24). The minimum atomic E-state index is -0.137. The van der Waals surface area contributed by atoms with Crippen LogP contribution in [0.1, 0.15) is 44.8 Å². The van der Waals surface area contributed by atoms with E-state index in [0.29, 0.717) is 10.6 Å². The molecule has 2 heterocycles. The molecule has 2 amide bonds. The van der Waals surface area contributed by atoms with Crippen LogP contribution in [-0.2, 0) is 24.1 Å². The Morgan fingerprint density at radius 1 is 1.22 bits per heavy atom. The largest absolute Gasteiger partial charge is 0.464 e. The highest BCUT2D eigenvalue weighted by atomic mass is 32.1. The van der Waals surface area contributed by atoms with Crippen LogP contribution < -0.4 is 10.6 Å². The van der Waals surface area contributed by atoms with E-state index in [2.05, 4.69) is 10.6 Å². The molecule has 0 radical (unpaired) electrons. The lowest BCUT2D eigenvalue weighted by atomic mass is 9.95. The molecule has 0 spiro atoms. The Hall–Kier alpha value is -2.60. The molecule has 2 N–H and O–H groups in total. The predicted molar refractivity (Wildman–Crippen MR) is 108 cm³/mol. The van der Waals surface area contributed by atoms with Crippen molar-refractivity contribution < 1.29 is 14.0 Å². The highest BCUT2D eigenvalue weighted by Crippen LogP contribution is 2.38. The van der Waals surface area contributed by atoms with Crippen molar-refractivity contribution in [3.8, 4) is 0 Å². The summed E-state index contributed by atoms with van der Waals surface area (Å²) in [5.74, 6) is -0.268. The Morgan fingerprint density at radius 2 is 2.04 bits per heavy atom. The maximum absolute atomic E-state index is 12.7. The number of aryl methyl sites for hydroxylation is 2. The molecule has 3 aromatic rings. The smallest absolute Gasteiger partial charge is 0.254 e. The summed E-state index contributed by atoms with van der Waals surface area (Å²) >= 11 is 1.54. The van der Waals surface area contributed by atoms with Crippen LogP contribution in [0.2, 0.25) is 0 Å². The molecule has 0 fully saturated rings. The minimum absolute atomic E-state index is 0.131. The molecule has 140 valence electrons. The Bertz CT molecular complexity index is 1030. The number of furan rings is 1. The van der Waals surface area contributed by atoms with E-state index in [4.69, 9.17) is 4.42 Å². The van der Waals surface area contributed by atoms with Gasteiger partial charge in [0.2, 0.25) is 5.91 Å². The first-order valence-corrected chi connectivity index (χ1v) is 10.0. The van der Waals surface area contributed by atoms with Gasteiger partial charge in [-0.2, -0.15) is 0 Å². The van der Waals surface area contributed by atoms with Gasteiger partial charge in [-0.25, -0.2) is 0 Å². The maximum atomic E-state index is 12.7. The summed E-state index contributed by atoms with van der Waals surface area (Å²) in [5.41, 5.74) is 4.50. The van der Waals surface area contributed by atoms with Crippen molar-refractivity contribution in [3.05, 3.63) is 51.6 Å². The number of rotatable bonds is 4. The lowest BCUT2D eigenvalue weighted by Crippen LogP contribution is -2.22. The van der Waals surface area contributed by atoms with E-state index < -0.39 is 0 Å². The molecule has 4 rings (SSSR count). The third-order valence-electron chi connectivity index (χ3n) is 5.04. The summed E-state index contributed by atoms with van der Waals surface area (Å²) in [4.78, 5) is 26.3. The summed E-state index contributed by atoms with van der Waals surface area (Å²) in [6.45, 7) is 2.01. The van der Waals surface area contributed by atoms with E-state index >= 15 is 0 Å². The van der Waals surface area contributed by atoms with Crippen LogP contribution in [0.5, 0.6) is 0 Å². The first-order chi connectivity index (χ1) is 13.1. The SMILES string of the molecule is CNC(=O)c1c(NC(=O)Cc2coc3cc(C)ccc23)sc2c1CCCC2. The number of nitrogens with one attached hydrogen (secondary N) is 2. The van der Waals surface area contributed by atoms with Crippen LogP contribution in [0.25, 0.3) is 11.0 Å². The second-order valence-electron chi connectivity index (χ2n) is 6.98. The van der Waals surface area contributed by atoms with Gasteiger partial charge in [-0.15, -0.1) is 11.3 Å². The van der Waals surface area contributed by atoms with Crippen LogP contribution in [0.15, 0.2) is 28.9 Å². The second kappa shape index (κ2) is 7.19. The summed E-state index contributed by atoms with van der Waals surface area (Å²) in [7, 11) is 1.63. The van der Waals surface area contributed by atoms with E-state index in [1.165, 1.54) is 16.2 Å². The second-order valence-corrected chi connectivity index (χ2v) is 8.08. The van der Waals surface area contributed by atoms with E-state index in [0.717, 1.165) is 53.3 Å². The first-order valence-electron chi connectivity index (χ1n) is 9.20. The van der Waals surface area contributed by atoms with Gasteiger partial charge >= 0.3 is 0 Å². The lowest BCUT2D eigenvalue weighted by molar-refractivity contribution is -0.115. The van der Waals surface area contributed by atoms with Crippen LogP contribution in [0.3, 0.4) is 0 Å². The van der Waals surface area contributed by atoms with E-state index in [1.807, 2.05) is 25.1 Å². The van der Waals surface area contributed by atoms with Crippen LogP contribution in [0.4, 0.5) is 5.00 Å². The van der Waals surface area contributed by atoms with Crippen molar-refractivity contribution in [1.82, 2.24) is 5.32 Å². The van der Waals surface area contributed by atoms with Crippen molar-refractivity contribution >= 4 is 39.1 Å². The molecule has 0 bridgehead atoms. The van der Waals surface area contributed by atoms with Gasteiger partial charge in [0.1, 0.15) is 10.6 Å². The molecule has 0 unspecified atom stereocenters. The zero-order chi connectivity index (χ0) is 19.0. The molecule has 2 aromatic heterocycles. The maximum Gasteiger partial charge on any atom is 0.254 e. The summed E-state index contributed by atoms with van der Waals surface area (Å²) in [6, 6.07) is 5.96. The minimum Gasteiger partial charge on any atom is -0.464 e. The number of hydrogen-bond donors (Lipinski definition) is 2. The zero-order valence-corrected chi connectivity index (χ0v) is 16.3. The number of amides is 2. The molecule has 0 saturated heterocycles. The highest BCUT2D eigenvalue weighted by molar-refractivity contribution is 7.17. The molecule has 1 aliphatic carbocycles. The third-order valence-corrected chi connectivity index (χ3v) is 6.25. The Balaban J connectivity index is 1.59. The van der Waals surface area contributed by atoms with Gasteiger partial charge in [0, 0.05) is 22.9 Å². The van der Waals surface area contributed by atoms with Gasteiger partial charge in [0.15, 0.2) is 0 Å². The predicted octanol–water partition coefficient (Wildman–Crippen LogP) is 4.22. The van der Waals surface area contributed by atoms with Gasteiger partial charge in [-0.3, -0.25) is 9.59 Å². The third kappa shape index (κ3) is 3.37. The summed E-state index contributed by atoms with van der Waals surface area (Å²) in [5, 5.41) is 7.30. The summed E-state index contributed by atoms with van der Waals surface area (Å²) < 4.78 is 5.59. The van der Waals surface area contributed by atoms with E-state index in [9.17, 15) is 9.59 Å². The molecule has 0 atom stereocenters. The van der Waals surface area contributed by atoms with Gasteiger partial charge in [0.25, 0.3) is 5.91 Å². The fourth-order valence-electron chi connectivity index (χ4n) is 3.69. The van der Waals surface area contributed by atoms with Crippen molar-refractivity contribution in [3.63, 3.8) is 0 Å². The van der Waals surface area contributed by atoms with Gasteiger partial charge < -0.3 is 15.1 Å². The zero-order valence-electron chi connectivity index (χ0n) is 15.5. The number of fused-ring (bicyclic) bond motifs is 2. The fraction of sp³-hybridized carbons (Fsp3) is 0.333. The topological polar surface area (TPSA) is 71.3 Å². The Morgan fingerprint density at radius 3 is 2.85 bits per heavy atom. The fourth-order valence-corrected chi connectivity index (χ4v) is 4.99. The average Bonchev–Trinajstić information content (AvgIpc) is 3.21. The van der Waals surface area contributed by atoms with Crippen molar-refractivity contribution in [2.75, 3.05) is 12.4 Å². The number of carbonyl (C=O) groups is 2. The average molecular weight is 382 g/mol. The molecule has 0 saturated carbocycles.